The third-order valence-corrected chi connectivity index (χ3v) is 4.16. The van der Waals surface area contributed by atoms with Crippen LogP contribution in [0.25, 0.3) is 0 Å². The molecule has 5 heteroatoms. The predicted molar refractivity (Wildman–Crippen MR) is 84.6 cm³/mol. The molecule has 1 aliphatic heterocycles. The zero-order valence-electron chi connectivity index (χ0n) is 12.8. The molecule has 0 radical (unpaired) electrons. The monoisotopic (exact) mass is 301 g/mol. The summed E-state index contributed by atoms with van der Waals surface area (Å²) in [5, 5.41) is 9.25. The van der Waals surface area contributed by atoms with E-state index in [0.29, 0.717) is 19.1 Å². The van der Waals surface area contributed by atoms with E-state index in [1.54, 1.807) is 12.5 Å². The van der Waals surface area contributed by atoms with E-state index in [0.717, 1.165) is 38.3 Å². The molecule has 1 aromatic carbocycles. The summed E-state index contributed by atoms with van der Waals surface area (Å²) in [6.07, 6.45) is 6.60. The Morgan fingerprint density at radius 3 is 3.00 bits per heavy atom. The lowest BCUT2D eigenvalue weighted by Gasteiger charge is -2.18. The van der Waals surface area contributed by atoms with Crippen molar-refractivity contribution in [3.8, 4) is 5.75 Å². The maximum absolute atomic E-state index is 9.25. The Bertz CT molecular complexity index is 571. The molecule has 5 nitrogen and oxygen atoms in total. The second-order valence-corrected chi connectivity index (χ2v) is 5.83. The van der Waals surface area contributed by atoms with E-state index < -0.39 is 0 Å². The molecule has 1 saturated heterocycles. The fourth-order valence-corrected chi connectivity index (χ4v) is 2.90. The smallest absolute Gasteiger partial charge is 0.123 e. The maximum Gasteiger partial charge on any atom is 0.123 e. The van der Waals surface area contributed by atoms with Gasteiger partial charge in [0.05, 0.1) is 12.9 Å². The van der Waals surface area contributed by atoms with E-state index in [1.165, 1.54) is 5.56 Å². The molecule has 3 rings (SSSR count). The van der Waals surface area contributed by atoms with Gasteiger partial charge >= 0.3 is 0 Å². The Hall–Kier alpha value is -1.85. The molecule has 2 aromatic rings. The summed E-state index contributed by atoms with van der Waals surface area (Å²) in [6, 6.07) is 8.22. The van der Waals surface area contributed by atoms with Crippen LogP contribution in [0, 0.1) is 5.92 Å². The molecule has 1 atom stereocenters. The van der Waals surface area contributed by atoms with Gasteiger partial charge in [-0.3, -0.25) is 4.90 Å². The molecule has 0 bridgehead atoms. The highest BCUT2D eigenvalue weighted by atomic mass is 16.5. The fraction of sp³-hybridized carbons (Fsp3) is 0.471. The van der Waals surface area contributed by atoms with E-state index in [4.69, 9.17) is 4.74 Å². The summed E-state index contributed by atoms with van der Waals surface area (Å²) in [6.45, 7) is 4.63. The van der Waals surface area contributed by atoms with Crippen LogP contribution in [0.1, 0.15) is 12.0 Å². The van der Waals surface area contributed by atoms with Crippen LogP contribution < -0.4 is 4.74 Å². The summed E-state index contributed by atoms with van der Waals surface area (Å²) in [7, 11) is 0. The first-order chi connectivity index (χ1) is 10.8. The molecule has 1 aliphatic rings. The predicted octanol–water partition coefficient (Wildman–Crippen LogP) is 1.78. The molecule has 1 unspecified atom stereocenters. The zero-order valence-corrected chi connectivity index (χ0v) is 12.8. The van der Waals surface area contributed by atoms with Crippen molar-refractivity contribution < 1.29 is 9.84 Å². The highest BCUT2D eigenvalue weighted by Gasteiger charge is 2.22. The molecule has 0 amide bonds. The van der Waals surface area contributed by atoms with Gasteiger partial charge in [-0.2, -0.15) is 0 Å². The number of hydrogen-bond donors (Lipinski definition) is 1. The Morgan fingerprint density at radius 1 is 1.32 bits per heavy atom. The van der Waals surface area contributed by atoms with Crippen molar-refractivity contribution in [1.82, 2.24) is 14.5 Å². The number of para-hydroxylation sites is 1. The van der Waals surface area contributed by atoms with E-state index in [9.17, 15) is 5.11 Å². The molecule has 0 aliphatic carbocycles. The molecule has 22 heavy (non-hydrogen) atoms. The van der Waals surface area contributed by atoms with Crippen molar-refractivity contribution in [2.45, 2.75) is 19.5 Å². The van der Waals surface area contributed by atoms with E-state index in [2.05, 4.69) is 22.0 Å². The van der Waals surface area contributed by atoms with Crippen molar-refractivity contribution in [3.63, 3.8) is 0 Å². The van der Waals surface area contributed by atoms with Gasteiger partial charge < -0.3 is 14.4 Å². The van der Waals surface area contributed by atoms with Gasteiger partial charge in [0.1, 0.15) is 12.4 Å². The molecule has 118 valence electrons. The molecule has 1 N–H and O–H groups in total. The number of aliphatic hydroxyl groups is 1. The van der Waals surface area contributed by atoms with Crippen LogP contribution in [0.4, 0.5) is 0 Å². The van der Waals surface area contributed by atoms with Gasteiger partial charge in [-0.25, -0.2) is 4.98 Å². The van der Waals surface area contributed by atoms with E-state index >= 15 is 0 Å². The quantitative estimate of drug-likeness (QED) is 0.847. The number of aromatic nitrogens is 2. The minimum Gasteiger partial charge on any atom is -0.491 e. The minimum absolute atomic E-state index is 0.291. The standard InChI is InChI=1S/C17H23N3O2/c21-13-15-5-7-20(11-15)12-16-3-1-2-4-17(16)22-10-9-19-8-6-18-14-19/h1-4,6,8,14-15,21H,5,7,9-13H2. The Balaban J connectivity index is 1.55. The third kappa shape index (κ3) is 3.87. The van der Waals surface area contributed by atoms with Crippen molar-refractivity contribution in [2.75, 3.05) is 26.3 Å². The molecule has 0 spiro atoms. The lowest BCUT2D eigenvalue weighted by Crippen LogP contribution is -2.21. The molecule has 2 heterocycles. The highest BCUT2D eigenvalue weighted by Crippen LogP contribution is 2.23. The van der Waals surface area contributed by atoms with Gasteiger partial charge in [0, 0.05) is 37.7 Å². The normalized spacial score (nSPS) is 18.7. The van der Waals surface area contributed by atoms with Gasteiger partial charge in [-0.15, -0.1) is 0 Å². The second kappa shape index (κ2) is 7.42. The van der Waals surface area contributed by atoms with Crippen molar-refractivity contribution in [1.29, 1.82) is 0 Å². The SMILES string of the molecule is OCC1CCN(Cc2ccccc2OCCn2ccnc2)C1. The number of likely N-dealkylation sites (tertiary alicyclic amines) is 1. The Morgan fingerprint density at radius 2 is 2.23 bits per heavy atom. The number of aliphatic hydroxyl groups excluding tert-OH is 1. The van der Waals surface area contributed by atoms with Crippen LogP contribution in [-0.2, 0) is 13.1 Å². The van der Waals surface area contributed by atoms with Crippen molar-refractivity contribution >= 4 is 0 Å². The maximum atomic E-state index is 9.25. The molecular weight excluding hydrogens is 278 g/mol. The molecule has 0 saturated carbocycles. The first kappa shape index (κ1) is 15.1. The summed E-state index contributed by atoms with van der Waals surface area (Å²) < 4.78 is 7.96. The Labute approximate surface area is 131 Å². The average Bonchev–Trinajstić information content (AvgIpc) is 3.20. The van der Waals surface area contributed by atoms with Gasteiger partial charge in [0.15, 0.2) is 0 Å². The first-order valence-electron chi connectivity index (χ1n) is 7.85. The summed E-state index contributed by atoms with van der Waals surface area (Å²) in [5.74, 6) is 1.38. The van der Waals surface area contributed by atoms with E-state index in [1.807, 2.05) is 22.9 Å². The van der Waals surface area contributed by atoms with Crippen LogP contribution in [0.2, 0.25) is 0 Å². The summed E-state index contributed by atoms with van der Waals surface area (Å²) in [4.78, 5) is 6.42. The first-order valence-corrected chi connectivity index (χ1v) is 7.85. The topological polar surface area (TPSA) is 50.5 Å². The second-order valence-electron chi connectivity index (χ2n) is 5.83. The third-order valence-electron chi connectivity index (χ3n) is 4.16. The highest BCUT2D eigenvalue weighted by molar-refractivity contribution is 5.33. The Kier molecular flexibility index (Phi) is 5.08. The van der Waals surface area contributed by atoms with Gasteiger partial charge in [-0.05, 0) is 24.9 Å². The van der Waals surface area contributed by atoms with E-state index in [-0.39, 0.29) is 0 Å². The average molecular weight is 301 g/mol. The number of rotatable bonds is 7. The molecule has 1 fully saturated rings. The minimum atomic E-state index is 0.291. The molecular formula is C17H23N3O2. The van der Waals surface area contributed by atoms with Crippen LogP contribution in [0.3, 0.4) is 0 Å². The lowest BCUT2D eigenvalue weighted by molar-refractivity contribution is 0.219. The number of nitrogens with zero attached hydrogens (tertiary/aromatic N) is 3. The van der Waals surface area contributed by atoms with Gasteiger partial charge in [0.2, 0.25) is 0 Å². The van der Waals surface area contributed by atoms with Crippen LogP contribution in [0.5, 0.6) is 5.75 Å². The lowest BCUT2D eigenvalue weighted by atomic mass is 10.1. The van der Waals surface area contributed by atoms with Crippen LogP contribution in [0.15, 0.2) is 43.0 Å². The zero-order chi connectivity index (χ0) is 15.2. The number of hydrogen-bond acceptors (Lipinski definition) is 4. The van der Waals surface area contributed by atoms with Crippen molar-refractivity contribution in [3.05, 3.63) is 48.5 Å². The number of imidazole rings is 1. The fourth-order valence-electron chi connectivity index (χ4n) is 2.90. The van der Waals surface area contributed by atoms with Crippen LogP contribution >= 0.6 is 0 Å². The van der Waals surface area contributed by atoms with Crippen molar-refractivity contribution in [2.24, 2.45) is 5.92 Å². The van der Waals surface area contributed by atoms with Gasteiger partial charge in [0.25, 0.3) is 0 Å². The van der Waals surface area contributed by atoms with Crippen LogP contribution in [-0.4, -0.2) is 45.9 Å². The number of ether oxygens (including phenoxy) is 1. The summed E-state index contributed by atoms with van der Waals surface area (Å²) in [5.41, 5.74) is 1.21. The summed E-state index contributed by atoms with van der Waals surface area (Å²) >= 11 is 0. The number of benzene rings is 1. The molecule has 1 aromatic heterocycles. The van der Waals surface area contributed by atoms with Gasteiger partial charge in [-0.1, -0.05) is 18.2 Å². The largest absolute Gasteiger partial charge is 0.491 e.